The van der Waals surface area contributed by atoms with Gasteiger partial charge in [-0.1, -0.05) is 0 Å². The average Bonchev–Trinajstić information content (AvgIpc) is 0. The summed E-state index contributed by atoms with van der Waals surface area (Å²) in [6.07, 6.45) is 0. The van der Waals surface area contributed by atoms with Crippen molar-refractivity contribution < 1.29 is 0 Å². The molecule has 0 amide bonds. The Balaban J connectivity index is 0. The normalized spacial score (nSPS) is 0. The van der Waals surface area contributed by atoms with E-state index in [1.54, 1.807) is 0 Å². The van der Waals surface area contributed by atoms with Gasteiger partial charge in [0.1, 0.15) is 0 Å². The average molecular weight is 96.0 g/mol. The Morgan fingerprint density at radius 1 is 1.00 bits per heavy atom. The van der Waals surface area contributed by atoms with Gasteiger partial charge in [0.25, 0.3) is 0 Å². The molecular weight excluding hydrogens is 96.0 g/mol. The predicted octanol–water partition coefficient (Wildman–Crippen LogP) is -1.52. The van der Waals surface area contributed by atoms with Crippen molar-refractivity contribution in [2.75, 3.05) is 0 Å². The summed E-state index contributed by atoms with van der Waals surface area (Å²) in [4.78, 5) is 0. The first-order valence-electron chi connectivity index (χ1n) is 0. The molecule has 0 aromatic rings. The number of hydrogen-bond acceptors (Lipinski definition) is 0. The second-order valence-electron chi connectivity index (χ2n) is 0. The molecule has 0 aromatic carbocycles. The Kier molecular flexibility index (Phi) is 99.4. The van der Waals surface area contributed by atoms with E-state index in [0.29, 0.717) is 0 Å². The Hall–Kier alpha value is 3.77. The molecule has 0 aliphatic heterocycles. The molecule has 0 saturated carbocycles. The van der Waals surface area contributed by atoms with Crippen LogP contribution in [-0.4, -0.2) is 117 Å². The molecule has 0 saturated heterocycles. The van der Waals surface area contributed by atoms with Crippen molar-refractivity contribution in [1.82, 2.24) is 0 Å². The van der Waals surface area contributed by atoms with Gasteiger partial charge in [-0.05, 0) is 0 Å². The van der Waals surface area contributed by atoms with Gasteiger partial charge in [-0.25, -0.2) is 0 Å². The SMILES string of the molecule is [Al].[K].[Li].[Na]. The molecule has 0 atom stereocenters. The molecule has 0 N–H and O–H groups in total. The van der Waals surface area contributed by atoms with E-state index in [0.717, 1.165) is 0 Å². The quantitative estimate of drug-likeness (QED) is 0.321. The second-order valence-corrected chi connectivity index (χ2v) is 0. The van der Waals surface area contributed by atoms with Crippen molar-refractivity contribution in [3.8, 4) is 0 Å². The maximum absolute atomic E-state index is 0. The number of rotatable bonds is 0. The zero-order valence-corrected chi connectivity index (χ0v) is 9.86. The monoisotopic (exact) mass is 96.0 g/mol. The van der Waals surface area contributed by atoms with Crippen LogP contribution in [0.1, 0.15) is 0 Å². The van der Waals surface area contributed by atoms with Crippen LogP contribution in [0.5, 0.6) is 0 Å². The van der Waals surface area contributed by atoms with Crippen LogP contribution in [0.4, 0.5) is 0 Å². The van der Waals surface area contributed by atoms with Crippen LogP contribution < -0.4 is 0 Å². The van der Waals surface area contributed by atoms with Gasteiger partial charge in [0.15, 0.2) is 0 Å². The van der Waals surface area contributed by atoms with Crippen molar-refractivity contribution in [3.05, 3.63) is 0 Å². The van der Waals surface area contributed by atoms with Gasteiger partial charge < -0.3 is 0 Å². The Labute approximate surface area is 114 Å². The molecule has 0 fully saturated rings. The molecule has 4 heavy (non-hydrogen) atoms. The fraction of sp³-hybridized carbons (Fsp3) is 0. The summed E-state index contributed by atoms with van der Waals surface area (Å²) in [5.41, 5.74) is 0. The van der Waals surface area contributed by atoms with Crippen molar-refractivity contribution in [1.29, 1.82) is 0 Å². The summed E-state index contributed by atoms with van der Waals surface area (Å²) in [5, 5.41) is 0. The zero-order chi connectivity index (χ0) is 0. The Morgan fingerprint density at radius 2 is 1.00 bits per heavy atom. The van der Waals surface area contributed by atoms with Crippen molar-refractivity contribution in [3.63, 3.8) is 0 Å². The van der Waals surface area contributed by atoms with Gasteiger partial charge in [-0.15, -0.1) is 0 Å². The minimum Gasteiger partial charge on any atom is 0 e. The van der Waals surface area contributed by atoms with Crippen molar-refractivity contribution in [2.24, 2.45) is 0 Å². The summed E-state index contributed by atoms with van der Waals surface area (Å²) in [6.45, 7) is 0. The fourth-order valence-electron chi connectivity index (χ4n) is 0. The summed E-state index contributed by atoms with van der Waals surface area (Å²) < 4.78 is 0. The third kappa shape index (κ3) is 9.23. The minimum absolute atomic E-state index is 0. The van der Waals surface area contributed by atoms with Crippen molar-refractivity contribution in [2.45, 2.75) is 0 Å². The third-order valence-corrected chi connectivity index (χ3v) is 0. The van der Waals surface area contributed by atoms with Crippen LogP contribution in [0.3, 0.4) is 0 Å². The van der Waals surface area contributed by atoms with Crippen LogP contribution in [0.15, 0.2) is 0 Å². The van der Waals surface area contributed by atoms with E-state index >= 15 is 0 Å². The molecule has 0 aromatic heterocycles. The zero-order valence-electron chi connectivity index (χ0n) is 3.58. The van der Waals surface area contributed by atoms with E-state index in [4.69, 9.17) is 0 Å². The maximum atomic E-state index is 0. The molecule has 0 bridgehead atoms. The second kappa shape index (κ2) is 15.9. The molecule has 6 radical (unpaired) electrons. The molecule has 4 heteroatoms. The molecule has 0 aliphatic carbocycles. The first-order chi connectivity index (χ1) is 0. The van der Waals surface area contributed by atoms with Gasteiger partial charge in [-0.2, -0.15) is 0 Å². The Bertz CT molecular complexity index is 8.00. The van der Waals surface area contributed by atoms with Crippen LogP contribution in [0.25, 0.3) is 0 Å². The standard InChI is InChI=1S/Al.K.Li.Na. The molecular formula is AlKLiNa. The van der Waals surface area contributed by atoms with Gasteiger partial charge in [0, 0.05) is 117 Å². The third-order valence-electron chi connectivity index (χ3n) is 0. The van der Waals surface area contributed by atoms with E-state index < -0.39 is 0 Å². The van der Waals surface area contributed by atoms with Gasteiger partial charge in [0.2, 0.25) is 0 Å². The fourth-order valence-corrected chi connectivity index (χ4v) is 0. The van der Waals surface area contributed by atoms with Crippen LogP contribution in [0.2, 0.25) is 0 Å². The first-order valence-corrected chi connectivity index (χ1v) is 0. The van der Waals surface area contributed by atoms with Gasteiger partial charge in [0.05, 0.1) is 0 Å². The predicted molar refractivity (Wildman–Crippen MR) is 23.0 cm³/mol. The summed E-state index contributed by atoms with van der Waals surface area (Å²) in [6, 6.07) is 0. The molecule has 0 spiro atoms. The molecule has 0 unspecified atom stereocenters. The number of hydrogen-bond donors (Lipinski definition) is 0. The van der Waals surface area contributed by atoms with Crippen LogP contribution in [0, 0.1) is 0 Å². The molecule has 0 rings (SSSR count). The van der Waals surface area contributed by atoms with E-state index in [2.05, 4.69) is 0 Å². The molecule has 0 aliphatic rings. The molecule has 0 nitrogen and oxygen atoms in total. The minimum atomic E-state index is 0. The summed E-state index contributed by atoms with van der Waals surface area (Å²) in [5.74, 6) is 0. The van der Waals surface area contributed by atoms with Crippen LogP contribution in [-0.2, 0) is 0 Å². The first kappa shape index (κ1) is 25.1. The Morgan fingerprint density at radius 3 is 1.00 bits per heavy atom. The van der Waals surface area contributed by atoms with E-state index in [9.17, 15) is 0 Å². The van der Waals surface area contributed by atoms with E-state index in [1.165, 1.54) is 0 Å². The van der Waals surface area contributed by atoms with E-state index in [1.807, 2.05) is 0 Å². The van der Waals surface area contributed by atoms with Gasteiger partial charge >= 0.3 is 0 Å². The van der Waals surface area contributed by atoms with Gasteiger partial charge in [-0.3, -0.25) is 0 Å². The summed E-state index contributed by atoms with van der Waals surface area (Å²) in [7, 11) is 0. The van der Waals surface area contributed by atoms with Crippen LogP contribution >= 0.6 is 0 Å². The summed E-state index contributed by atoms with van der Waals surface area (Å²) >= 11 is 0. The largest absolute Gasteiger partial charge is 0 e. The maximum Gasteiger partial charge on any atom is 0 e. The van der Waals surface area contributed by atoms with Crippen molar-refractivity contribution >= 4 is 117 Å². The smallest absolute Gasteiger partial charge is 0 e. The molecule has 6 valence electrons. The topological polar surface area (TPSA) is 0 Å². The van der Waals surface area contributed by atoms with E-state index in [-0.39, 0.29) is 117 Å². The molecule has 0 heterocycles.